The van der Waals surface area contributed by atoms with Gasteiger partial charge in [-0.2, -0.15) is 8.42 Å². The molecule has 0 aromatic heterocycles. The predicted octanol–water partition coefficient (Wildman–Crippen LogP) is 3.76. The predicted molar refractivity (Wildman–Crippen MR) is 124 cm³/mol. The maximum absolute atomic E-state index is 12.7. The smallest absolute Gasteiger partial charge is 0.346 e. The Morgan fingerprint density at radius 1 is 1.25 bits per heavy atom. The van der Waals surface area contributed by atoms with Gasteiger partial charge in [-0.3, -0.25) is 19.8 Å². The van der Waals surface area contributed by atoms with E-state index in [2.05, 4.69) is 6.58 Å². The Morgan fingerprint density at radius 2 is 1.97 bits per heavy atom. The number of benzene rings is 2. The summed E-state index contributed by atoms with van der Waals surface area (Å²) in [7, 11) is -3.20. The van der Waals surface area contributed by atoms with Crippen LogP contribution in [0.3, 0.4) is 0 Å². The van der Waals surface area contributed by atoms with Gasteiger partial charge in [0, 0.05) is 12.6 Å². The van der Waals surface area contributed by atoms with Crippen LogP contribution in [-0.4, -0.2) is 42.1 Å². The molecule has 12 heteroatoms. The molecule has 1 aliphatic heterocycles. The van der Waals surface area contributed by atoms with Crippen molar-refractivity contribution < 1.29 is 27.1 Å². The molecule has 1 aliphatic rings. The van der Waals surface area contributed by atoms with Crippen molar-refractivity contribution in [3.8, 4) is 11.5 Å². The van der Waals surface area contributed by atoms with E-state index in [9.17, 15) is 23.3 Å². The molecule has 0 unspecified atom stereocenters. The first-order valence-electron chi connectivity index (χ1n) is 8.90. The molecule has 0 bridgehead atoms. The fourth-order valence-electron chi connectivity index (χ4n) is 2.76. The third-order valence-corrected chi connectivity index (χ3v) is 6.86. The number of thiocarbonyl (C=S) groups is 1. The molecule has 2 aromatic rings. The van der Waals surface area contributed by atoms with Gasteiger partial charge in [0.2, 0.25) is 0 Å². The van der Waals surface area contributed by atoms with Crippen LogP contribution in [0.5, 0.6) is 11.5 Å². The highest BCUT2D eigenvalue weighted by Crippen LogP contribution is 2.36. The highest BCUT2D eigenvalue weighted by molar-refractivity contribution is 8.26. The molecule has 9 nitrogen and oxygen atoms in total. The summed E-state index contributed by atoms with van der Waals surface area (Å²) in [5.41, 5.74) is -0.0685. The van der Waals surface area contributed by atoms with Gasteiger partial charge in [0.05, 0.1) is 16.9 Å². The molecular formula is C20H16N2O7S3. The van der Waals surface area contributed by atoms with Crippen molar-refractivity contribution >= 4 is 56.1 Å². The largest absolute Gasteiger partial charge is 0.493 e. The van der Waals surface area contributed by atoms with Gasteiger partial charge in [-0.05, 0) is 29.8 Å². The van der Waals surface area contributed by atoms with E-state index in [-0.39, 0.29) is 17.4 Å². The van der Waals surface area contributed by atoms with Crippen molar-refractivity contribution in [2.24, 2.45) is 0 Å². The zero-order valence-corrected chi connectivity index (χ0v) is 19.0. The number of nitrogens with zero attached hydrogens (tertiary/aromatic N) is 2. The number of para-hydroxylation sites is 1. The fourth-order valence-corrected chi connectivity index (χ4v) is 5.15. The average Bonchev–Trinajstić information content (AvgIpc) is 3.02. The number of thioether (sulfide) groups is 1. The van der Waals surface area contributed by atoms with Crippen molar-refractivity contribution in [2.45, 2.75) is 4.90 Å². The van der Waals surface area contributed by atoms with E-state index in [0.29, 0.717) is 21.3 Å². The Balaban J connectivity index is 1.92. The zero-order chi connectivity index (χ0) is 23.5. The van der Waals surface area contributed by atoms with Crippen LogP contribution >= 0.6 is 24.0 Å². The Hall–Kier alpha value is -3.22. The van der Waals surface area contributed by atoms with Gasteiger partial charge >= 0.3 is 10.1 Å². The van der Waals surface area contributed by atoms with Gasteiger partial charge in [0.15, 0.2) is 16.4 Å². The number of nitro benzene ring substituents is 1. The second-order valence-corrected chi connectivity index (χ2v) is 9.44. The molecule has 0 saturated carbocycles. The van der Waals surface area contributed by atoms with E-state index >= 15 is 0 Å². The molecule has 1 fully saturated rings. The summed E-state index contributed by atoms with van der Waals surface area (Å²) in [6, 6.07) is 9.19. The van der Waals surface area contributed by atoms with Crippen LogP contribution in [0.15, 0.2) is 64.9 Å². The Morgan fingerprint density at radius 3 is 2.62 bits per heavy atom. The van der Waals surface area contributed by atoms with E-state index in [4.69, 9.17) is 21.1 Å². The quantitative estimate of drug-likeness (QED) is 0.136. The number of carbonyl (C=O) groups is 1. The first kappa shape index (κ1) is 23.4. The van der Waals surface area contributed by atoms with Gasteiger partial charge in [-0.15, -0.1) is 6.58 Å². The molecule has 32 heavy (non-hydrogen) atoms. The van der Waals surface area contributed by atoms with Crippen molar-refractivity contribution in [3.05, 3.63) is 75.7 Å². The summed E-state index contributed by atoms with van der Waals surface area (Å²) in [6.45, 7) is 3.89. The lowest BCUT2D eigenvalue weighted by Gasteiger charge is -2.12. The van der Waals surface area contributed by atoms with Gasteiger partial charge in [-0.1, -0.05) is 48.3 Å². The van der Waals surface area contributed by atoms with Crippen LogP contribution in [0.1, 0.15) is 5.56 Å². The zero-order valence-electron chi connectivity index (χ0n) is 16.6. The standard InChI is InChI=1S/C20H16N2O7S3/c1-3-10-21-19(23)17(31-20(21)30)12-13-8-9-15(16(11-13)28-2)29-32(26,27)18-7-5-4-6-14(18)22(24)25/h3-9,11-12H,1,10H2,2H3/b17-12+. The van der Waals surface area contributed by atoms with Crippen LogP contribution < -0.4 is 8.92 Å². The second-order valence-electron chi connectivity index (χ2n) is 6.25. The van der Waals surface area contributed by atoms with Crippen LogP contribution in [-0.2, 0) is 14.9 Å². The average molecular weight is 493 g/mol. The summed E-state index contributed by atoms with van der Waals surface area (Å²) >= 11 is 6.34. The minimum absolute atomic E-state index is 0.0579. The normalized spacial score (nSPS) is 15.2. The second kappa shape index (κ2) is 9.51. The van der Waals surface area contributed by atoms with Crippen LogP contribution in [0, 0.1) is 10.1 Å². The van der Waals surface area contributed by atoms with Crippen LogP contribution in [0.2, 0.25) is 0 Å². The summed E-state index contributed by atoms with van der Waals surface area (Å²) in [5, 5.41) is 11.2. The molecule has 1 amide bonds. The molecule has 1 saturated heterocycles. The summed E-state index contributed by atoms with van der Waals surface area (Å²) in [4.78, 5) is 24.1. The summed E-state index contributed by atoms with van der Waals surface area (Å²) in [6.07, 6.45) is 3.16. The Kier molecular flexibility index (Phi) is 6.96. The van der Waals surface area contributed by atoms with Crippen molar-refractivity contribution in [2.75, 3.05) is 13.7 Å². The maximum atomic E-state index is 12.7. The Bertz CT molecular complexity index is 1260. The first-order valence-corrected chi connectivity index (χ1v) is 11.5. The van der Waals surface area contributed by atoms with Crippen LogP contribution in [0.4, 0.5) is 5.69 Å². The van der Waals surface area contributed by atoms with E-state index in [1.807, 2.05) is 0 Å². The number of amides is 1. The van der Waals surface area contributed by atoms with E-state index in [0.717, 1.165) is 23.9 Å². The monoisotopic (exact) mass is 492 g/mol. The van der Waals surface area contributed by atoms with Crippen molar-refractivity contribution in [1.82, 2.24) is 4.90 Å². The number of ether oxygens (including phenoxy) is 1. The molecular weight excluding hydrogens is 476 g/mol. The molecule has 0 aliphatic carbocycles. The number of hydrogen-bond donors (Lipinski definition) is 0. The fraction of sp³-hybridized carbons (Fsp3) is 0.100. The first-order chi connectivity index (χ1) is 15.2. The molecule has 0 atom stereocenters. The summed E-state index contributed by atoms with van der Waals surface area (Å²) < 4.78 is 36.1. The van der Waals surface area contributed by atoms with Gasteiger partial charge in [0.1, 0.15) is 4.32 Å². The molecule has 1 heterocycles. The molecule has 0 spiro atoms. The SMILES string of the molecule is C=CCN1C(=O)/C(=C\c2ccc(OS(=O)(=O)c3ccccc3[N+](=O)[O-])c(OC)c2)SC1=S. The third-order valence-electron chi connectivity index (χ3n) is 4.20. The number of carbonyl (C=O) groups excluding carboxylic acids is 1. The van der Waals surface area contributed by atoms with E-state index in [1.165, 1.54) is 42.3 Å². The van der Waals surface area contributed by atoms with Gasteiger partial charge < -0.3 is 8.92 Å². The minimum Gasteiger partial charge on any atom is -0.493 e. The van der Waals surface area contributed by atoms with Crippen LogP contribution in [0.25, 0.3) is 6.08 Å². The van der Waals surface area contributed by atoms with Gasteiger partial charge in [-0.25, -0.2) is 0 Å². The number of nitro groups is 1. The lowest BCUT2D eigenvalue weighted by Crippen LogP contribution is -2.27. The minimum atomic E-state index is -4.51. The van der Waals surface area contributed by atoms with E-state index < -0.39 is 25.6 Å². The highest BCUT2D eigenvalue weighted by Gasteiger charge is 2.31. The molecule has 2 aromatic carbocycles. The molecule has 166 valence electrons. The third kappa shape index (κ3) is 4.82. The molecule has 0 N–H and O–H groups in total. The van der Waals surface area contributed by atoms with Crippen molar-refractivity contribution in [1.29, 1.82) is 0 Å². The number of rotatable bonds is 8. The van der Waals surface area contributed by atoms with Gasteiger partial charge in [0.25, 0.3) is 11.6 Å². The molecule has 3 rings (SSSR count). The lowest BCUT2D eigenvalue weighted by atomic mass is 10.2. The number of methoxy groups -OCH3 is 1. The lowest BCUT2D eigenvalue weighted by molar-refractivity contribution is -0.387. The number of hydrogen-bond acceptors (Lipinski definition) is 9. The Labute approximate surface area is 193 Å². The maximum Gasteiger partial charge on any atom is 0.346 e. The summed E-state index contributed by atoms with van der Waals surface area (Å²) in [5.74, 6) is -0.373. The topological polar surface area (TPSA) is 116 Å². The molecule has 0 radical (unpaired) electrons. The van der Waals surface area contributed by atoms with E-state index in [1.54, 1.807) is 12.2 Å². The van der Waals surface area contributed by atoms with Crippen molar-refractivity contribution in [3.63, 3.8) is 0 Å². The highest BCUT2D eigenvalue weighted by atomic mass is 32.2.